The minimum atomic E-state index is -4.61. The Labute approximate surface area is 356 Å². The maximum absolute atomic E-state index is 12.8. The first-order valence-corrected chi connectivity index (χ1v) is 24.3. The van der Waals surface area contributed by atoms with Crippen LogP contribution in [0.3, 0.4) is 0 Å². The SMILES string of the molecule is CCCC/C=C/C/C=C/CCCCCCCC(=O)O[C@H](COC(=O)CCC/C=C/C/C=C/CCCCCCCCCCC)CO[C@H]1O[C@H](CS(=O)(=O)O)[C@@H](O)C(O)C1O. The van der Waals surface area contributed by atoms with E-state index in [1.54, 1.807) is 0 Å². The van der Waals surface area contributed by atoms with E-state index in [1.807, 2.05) is 6.08 Å². The third-order valence-corrected chi connectivity index (χ3v) is 10.9. The highest BCUT2D eigenvalue weighted by Gasteiger charge is 2.46. The summed E-state index contributed by atoms with van der Waals surface area (Å²) in [7, 11) is -4.61. The van der Waals surface area contributed by atoms with Crippen LogP contribution < -0.4 is 0 Å². The van der Waals surface area contributed by atoms with Crippen LogP contribution in [-0.2, 0) is 38.7 Å². The molecule has 0 aromatic rings. The number of hydrogen-bond acceptors (Lipinski definition) is 11. The molecule has 2 unspecified atom stereocenters. The number of esters is 2. The molecule has 0 aromatic carbocycles. The van der Waals surface area contributed by atoms with Gasteiger partial charge in [0.25, 0.3) is 10.1 Å². The number of carbonyl (C=O) groups excluding carboxylic acids is 2. The summed E-state index contributed by atoms with van der Waals surface area (Å²) in [6.45, 7) is 3.66. The number of aliphatic hydroxyl groups is 3. The van der Waals surface area contributed by atoms with Gasteiger partial charge in [0.15, 0.2) is 12.4 Å². The van der Waals surface area contributed by atoms with Crippen LogP contribution in [0, 0.1) is 0 Å². The Morgan fingerprint density at radius 3 is 1.59 bits per heavy atom. The van der Waals surface area contributed by atoms with Crippen molar-refractivity contribution in [1.82, 2.24) is 0 Å². The Bertz CT molecular complexity index is 1280. The van der Waals surface area contributed by atoms with Gasteiger partial charge < -0.3 is 34.3 Å². The molecule has 1 heterocycles. The van der Waals surface area contributed by atoms with Crippen LogP contribution in [-0.4, -0.2) is 96.0 Å². The first kappa shape index (κ1) is 54.6. The normalized spacial score (nSPS) is 20.7. The maximum Gasteiger partial charge on any atom is 0.306 e. The molecule has 59 heavy (non-hydrogen) atoms. The van der Waals surface area contributed by atoms with E-state index >= 15 is 0 Å². The average molecular weight is 857 g/mol. The van der Waals surface area contributed by atoms with Gasteiger partial charge in [0.1, 0.15) is 36.8 Å². The molecule has 0 radical (unpaired) electrons. The summed E-state index contributed by atoms with van der Waals surface area (Å²) in [5.41, 5.74) is 0. The summed E-state index contributed by atoms with van der Waals surface area (Å²) in [5, 5.41) is 30.9. The van der Waals surface area contributed by atoms with Gasteiger partial charge in [0, 0.05) is 12.8 Å². The molecule has 0 bridgehead atoms. The molecule has 6 atom stereocenters. The highest BCUT2D eigenvalue weighted by molar-refractivity contribution is 7.85. The van der Waals surface area contributed by atoms with Crippen molar-refractivity contribution in [3.8, 4) is 0 Å². The lowest BCUT2D eigenvalue weighted by molar-refractivity contribution is -0.297. The highest BCUT2D eigenvalue weighted by Crippen LogP contribution is 2.24. The monoisotopic (exact) mass is 857 g/mol. The van der Waals surface area contributed by atoms with Gasteiger partial charge in [-0.05, 0) is 64.2 Å². The number of unbranched alkanes of at least 4 members (excludes halogenated alkanes) is 17. The van der Waals surface area contributed by atoms with Crippen LogP contribution in [0.5, 0.6) is 0 Å². The van der Waals surface area contributed by atoms with Crippen molar-refractivity contribution in [2.75, 3.05) is 19.0 Å². The summed E-state index contributed by atoms with van der Waals surface area (Å²) in [5.74, 6) is -2.06. The van der Waals surface area contributed by atoms with Crippen LogP contribution in [0.15, 0.2) is 48.6 Å². The molecule has 0 spiro atoms. The van der Waals surface area contributed by atoms with Crippen molar-refractivity contribution >= 4 is 22.1 Å². The number of hydrogen-bond donors (Lipinski definition) is 4. The Morgan fingerprint density at radius 1 is 0.576 bits per heavy atom. The standard InChI is InChI=1S/C46H80O12S/c1-3-5-7-9-11-13-15-17-19-20-21-23-24-26-28-30-32-34-41(47)55-36-39(37-56-46-45(51)44(50)43(49)40(58-46)38-59(52,53)54)57-42(48)35-33-31-29-27-25-22-18-16-14-12-10-8-6-4-2/h10,12,16,18,21,23,26,28,39-40,43-46,49-51H,3-9,11,13-15,17,19-20,22,24-25,27,29-38H2,1-2H3,(H,52,53,54)/b12-10+,18-16+,23-21+,28-26+/t39-,40-,43-,44?,45?,46+/m1/s1. The molecule has 0 amide bonds. The van der Waals surface area contributed by atoms with Crippen molar-refractivity contribution in [1.29, 1.82) is 0 Å². The van der Waals surface area contributed by atoms with Crippen molar-refractivity contribution in [2.24, 2.45) is 0 Å². The fraction of sp³-hybridized carbons (Fsp3) is 0.783. The minimum absolute atomic E-state index is 0.138. The zero-order chi connectivity index (χ0) is 43.4. The lowest BCUT2D eigenvalue weighted by Crippen LogP contribution is -2.60. The molecule has 1 aliphatic rings. The fourth-order valence-electron chi connectivity index (χ4n) is 6.56. The Morgan fingerprint density at radius 2 is 1.05 bits per heavy atom. The van der Waals surface area contributed by atoms with E-state index in [1.165, 1.54) is 70.6 Å². The number of ether oxygens (including phenoxy) is 4. The fourth-order valence-corrected chi connectivity index (χ4v) is 7.25. The van der Waals surface area contributed by atoms with Crippen molar-refractivity contribution < 1.29 is 56.8 Å². The Kier molecular flexibility index (Phi) is 33.6. The Hall–Kier alpha value is -2.39. The molecule has 1 rings (SSSR count). The molecule has 1 saturated heterocycles. The molecule has 342 valence electrons. The molecule has 4 N–H and O–H groups in total. The van der Waals surface area contributed by atoms with Crippen LogP contribution in [0.4, 0.5) is 0 Å². The Balaban J connectivity index is 2.49. The number of carbonyl (C=O) groups is 2. The second-order valence-electron chi connectivity index (χ2n) is 15.7. The summed E-state index contributed by atoms with van der Waals surface area (Å²) in [6, 6.07) is 0. The number of aliphatic hydroxyl groups excluding tert-OH is 3. The van der Waals surface area contributed by atoms with E-state index < -0.39 is 71.2 Å². The van der Waals surface area contributed by atoms with Gasteiger partial charge in [-0.15, -0.1) is 0 Å². The molecule has 0 aliphatic carbocycles. The third-order valence-electron chi connectivity index (χ3n) is 10.1. The van der Waals surface area contributed by atoms with Gasteiger partial charge in [0.2, 0.25) is 0 Å². The van der Waals surface area contributed by atoms with E-state index in [4.69, 9.17) is 18.9 Å². The minimum Gasteiger partial charge on any atom is -0.462 e. The molecule has 0 saturated carbocycles. The molecule has 1 aliphatic heterocycles. The van der Waals surface area contributed by atoms with Gasteiger partial charge in [-0.3, -0.25) is 14.1 Å². The lowest BCUT2D eigenvalue weighted by Gasteiger charge is -2.40. The second kappa shape index (κ2) is 36.3. The van der Waals surface area contributed by atoms with E-state index in [0.29, 0.717) is 19.3 Å². The summed E-state index contributed by atoms with van der Waals surface area (Å²) in [6.07, 6.45) is 33.1. The van der Waals surface area contributed by atoms with Crippen molar-refractivity contribution in [3.63, 3.8) is 0 Å². The lowest BCUT2D eigenvalue weighted by atomic mass is 10.00. The van der Waals surface area contributed by atoms with Crippen LogP contribution in [0.2, 0.25) is 0 Å². The zero-order valence-electron chi connectivity index (χ0n) is 36.3. The second-order valence-corrected chi connectivity index (χ2v) is 17.2. The number of allylic oxidation sites excluding steroid dienone is 8. The van der Waals surface area contributed by atoms with Gasteiger partial charge in [-0.1, -0.05) is 146 Å². The van der Waals surface area contributed by atoms with Gasteiger partial charge in [-0.2, -0.15) is 8.42 Å². The number of rotatable bonds is 37. The maximum atomic E-state index is 12.8. The van der Waals surface area contributed by atoms with Crippen LogP contribution >= 0.6 is 0 Å². The van der Waals surface area contributed by atoms with Crippen LogP contribution in [0.1, 0.15) is 174 Å². The smallest absolute Gasteiger partial charge is 0.306 e. The van der Waals surface area contributed by atoms with Crippen molar-refractivity contribution in [3.05, 3.63) is 48.6 Å². The van der Waals surface area contributed by atoms with Gasteiger partial charge in [-0.25, -0.2) is 0 Å². The van der Waals surface area contributed by atoms with Gasteiger partial charge in [0.05, 0.1) is 6.61 Å². The largest absolute Gasteiger partial charge is 0.462 e. The van der Waals surface area contributed by atoms with Gasteiger partial charge >= 0.3 is 11.9 Å². The predicted molar refractivity (Wildman–Crippen MR) is 233 cm³/mol. The molecule has 12 nitrogen and oxygen atoms in total. The highest BCUT2D eigenvalue weighted by atomic mass is 32.2. The summed E-state index contributed by atoms with van der Waals surface area (Å²) >= 11 is 0. The van der Waals surface area contributed by atoms with E-state index in [9.17, 15) is 37.9 Å². The van der Waals surface area contributed by atoms with Crippen LogP contribution in [0.25, 0.3) is 0 Å². The van der Waals surface area contributed by atoms with E-state index in [-0.39, 0.29) is 19.4 Å². The van der Waals surface area contributed by atoms with E-state index in [0.717, 1.165) is 57.8 Å². The molecule has 0 aromatic heterocycles. The molecular weight excluding hydrogens is 777 g/mol. The predicted octanol–water partition coefficient (Wildman–Crippen LogP) is 9.17. The third kappa shape index (κ3) is 31.2. The molecule has 1 fully saturated rings. The zero-order valence-corrected chi connectivity index (χ0v) is 37.2. The topological polar surface area (TPSA) is 186 Å². The average Bonchev–Trinajstić information content (AvgIpc) is 3.20. The molecular formula is C46H80O12S. The van der Waals surface area contributed by atoms with Crippen molar-refractivity contribution in [2.45, 2.75) is 211 Å². The first-order valence-electron chi connectivity index (χ1n) is 22.7. The summed E-state index contributed by atoms with van der Waals surface area (Å²) < 4.78 is 54.0. The van der Waals surface area contributed by atoms with E-state index in [2.05, 4.69) is 56.4 Å². The first-order chi connectivity index (χ1) is 28.5. The summed E-state index contributed by atoms with van der Waals surface area (Å²) in [4.78, 5) is 25.4. The quantitative estimate of drug-likeness (QED) is 0.0201. The molecule has 13 heteroatoms.